The number of phosphoric ester groups is 1. The molecule has 0 aromatic carbocycles. The van der Waals surface area contributed by atoms with Crippen molar-refractivity contribution in [2.45, 2.75) is 167 Å². The number of carboxylic acids is 1. The smallest absolute Gasteiger partial charge is 0.472 e. The number of hydrogen-bond acceptors (Lipinski definition) is 8. The lowest BCUT2D eigenvalue weighted by Gasteiger charge is -2.18. The van der Waals surface area contributed by atoms with Crippen LogP contribution in [0.3, 0.4) is 0 Å². The number of aliphatic carboxylic acids is 1. The summed E-state index contributed by atoms with van der Waals surface area (Å²) < 4.78 is 26.1. The van der Waals surface area contributed by atoms with Crippen LogP contribution < -0.4 is 5.32 Å². The van der Waals surface area contributed by atoms with Crippen LogP contribution in [-0.2, 0) is 32.7 Å². The molecule has 270 valence electrons. The first-order chi connectivity index (χ1) is 22.1. The molecule has 12 heteroatoms. The van der Waals surface area contributed by atoms with Crippen LogP contribution in [0.2, 0.25) is 0 Å². The predicted octanol–water partition coefficient (Wildman–Crippen LogP) is 7.77. The number of allylic oxidation sites excluding steroid dienone is 2. The molecule has 0 bridgehead atoms. The third-order valence-corrected chi connectivity index (χ3v) is 8.47. The lowest BCUT2D eigenvalue weighted by molar-refractivity contribution is -0.147. The third kappa shape index (κ3) is 29.6. The maximum absolute atomic E-state index is 12.2. The first-order valence-corrected chi connectivity index (χ1v) is 19.2. The Hall–Kier alpha value is -1.78. The van der Waals surface area contributed by atoms with Gasteiger partial charge < -0.3 is 25.2 Å². The van der Waals surface area contributed by atoms with Crippen molar-refractivity contribution in [1.82, 2.24) is 5.32 Å². The van der Waals surface area contributed by atoms with E-state index in [1.807, 2.05) is 0 Å². The molecule has 0 aromatic rings. The van der Waals surface area contributed by atoms with E-state index in [0.717, 1.165) is 19.3 Å². The highest BCUT2D eigenvalue weighted by atomic mass is 31.2. The summed E-state index contributed by atoms with van der Waals surface area (Å²) >= 11 is 0. The molecule has 0 aliphatic heterocycles. The van der Waals surface area contributed by atoms with Crippen LogP contribution in [0.4, 0.5) is 0 Å². The lowest BCUT2D eigenvalue weighted by atomic mass is 10.0. The summed E-state index contributed by atoms with van der Waals surface area (Å²) in [5, 5.41) is 21.4. The largest absolute Gasteiger partial charge is 0.480 e. The number of amides is 1. The van der Waals surface area contributed by atoms with Gasteiger partial charge in [-0.3, -0.25) is 18.6 Å². The molecule has 1 amide bonds. The van der Waals surface area contributed by atoms with E-state index in [1.54, 1.807) is 6.92 Å². The molecule has 4 N–H and O–H groups in total. The second-order valence-electron chi connectivity index (χ2n) is 12.1. The number of rotatable bonds is 33. The summed E-state index contributed by atoms with van der Waals surface area (Å²) in [5.41, 5.74) is 0. The Bertz CT molecular complexity index is 854. The van der Waals surface area contributed by atoms with Gasteiger partial charge in [-0.2, -0.15) is 0 Å². The second kappa shape index (κ2) is 30.5. The number of esters is 1. The highest BCUT2D eigenvalue weighted by Crippen LogP contribution is 2.43. The highest BCUT2D eigenvalue weighted by Gasteiger charge is 2.28. The Kier molecular flexibility index (Phi) is 29.4. The zero-order valence-electron chi connectivity index (χ0n) is 28.6. The minimum Gasteiger partial charge on any atom is -0.480 e. The summed E-state index contributed by atoms with van der Waals surface area (Å²) in [5.74, 6) is -2.43. The maximum atomic E-state index is 12.2. The molecule has 0 spiro atoms. The molecule has 46 heavy (non-hydrogen) atoms. The zero-order valence-corrected chi connectivity index (χ0v) is 29.5. The monoisotopic (exact) mass is 677 g/mol. The molecule has 0 aromatic heterocycles. The molecular formula is C34H64NO10P. The number of phosphoric acid groups is 1. The van der Waals surface area contributed by atoms with E-state index in [-0.39, 0.29) is 12.8 Å². The Morgan fingerprint density at radius 1 is 0.674 bits per heavy atom. The first kappa shape index (κ1) is 44.2. The van der Waals surface area contributed by atoms with Crippen LogP contribution >= 0.6 is 7.82 Å². The van der Waals surface area contributed by atoms with Gasteiger partial charge in [0.15, 0.2) is 6.04 Å². The van der Waals surface area contributed by atoms with E-state index >= 15 is 0 Å². The Morgan fingerprint density at radius 2 is 1.15 bits per heavy atom. The zero-order chi connectivity index (χ0) is 34.3. The number of carbonyl (C=O) groups is 3. The molecule has 0 aliphatic carbocycles. The minimum absolute atomic E-state index is 0.147. The molecule has 11 nitrogen and oxygen atoms in total. The number of aliphatic hydroxyl groups is 1. The van der Waals surface area contributed by atoms with E-state index in [2.05, 4.69) is 28.9 Å². The Labute approximate surface area is 277 Å². The molecule has 3 unspecified atom stereocenters. The predicted molar refractivity (Wildman–Crippen MR) is 180 cm³/mol. The highest BCUT2D eigenvalue weighted by molar-refractivity contribution is 7.47. The van der Waals surface area contributed by atoms with Crippen molar-refractivity contribution in [2.24, 2.45) is 0 Å². The third-order valence-electron chi connectivity index (χ3n) is 7.52. The fraction of sp³-hybridized carbons (Fsp3) is 0.853. The number of hydrogen-bond donors (Lipinski definition) is 4. The van der Waals surface area contributed by atoms with Gasteiger partial charge in [0.2, 0.25) is 5.91 Å². The summed E-state index contributed by atoms with van der Waals surface area (Å²) in [7, 11) is -4.72. The lowest BCUT2D eigenvalue weighted by Crippen LogP contribution is -2.43. The molecule has 3 atom stereocenters. The van der Waals surface area contributed by atoms with Gasteiger partial charge in [0.05, 0.1) is 13.2 Å². The summed E-state index contributed by atoms with van der Waals surface area (Å²) in [6, 6.07) is -1.54. The van der Waals surface area contributed by atoms with Gasteiger partial charge >= 0.3 is 19.8 Å². The van der Waals surface area contributed by atoms with E-state index in [1.165, 1.54) is 96.3 Å². The van der Waals surface area contributed by atoms with Crippen molar-refractivity contribution in [2.75, 3.05) is 19.8 Å². The second-order valence-corrected chi connectivity index (χ2v) is 13.5. The van der Waals surface area contributed by atoms with Gasteiger partial charge in [-0.25, -0.2) is 9.36 Å². The van der Waals surface area contributed by atoms with Crippen molar-refractivity contribution in [3.8, 4) is 0 Å². The topological polar surface area (TPSA) is 169 Å². The molecule has 0 heterocycles. The fourth-order valence-corrected chi connectivity index (χ4v) is 5.53. The van der Waals surface area contributed by atoms with Crippen LogP contribution in [0.15, 0.2) is 12.2 Å². The summed E-state index contributed by atoms with van der Waals surface area (Å²) in [6.45, 7) is 2.14. The Morgan fingerprint density at radius 3 is 1.65 bits per heavy atom. The van der Waals surface area contributed by atoms with Crippen LogP contribution in [-0.4, -0.2) is 64.9 Å². The van der Waals surface area contributed by atoms with E-state index in [4.69, 9.17) is 9.26 Å². The van der Waals surface area contributed by atoms with Crippen LogP contribution in [0, 0.1) is 0 Å². The average molecular weight is 678 g/mol. The molecular weight excluding hydrogens is 613 g/mol. The molecule has 0 radical (unpaired) electrons. The van der Waals surface area contributed by atoms with E-state index in [0.29, 0.717) is 12.8 Å². The van der Waals surface area contributed by atoms with Gasteiger partial charge in [-0.15, -0.1) is 0 Å². The van der Waals surface area contributed by atoms with Gasteiger partial charge in [-0.05, 0) is 38.5 Å². The summed E-state index contributed by atoms with van der Waals surface area (Å²) in [6.07, 6.45) is 27.2. The maximum Gasteiger partial charge on any atom is 0.472 e. The van der Waals surface area contributed by atoms with Crippen LogP contribution in [0.1, 0.15) is 155 Å². The first-order valence-electron chi connectivity index (χ1n) is 17.7. The normalized spacial score (nSPS) is 14.2. The molecule has 0 rings (SSSR count). The van der Waals surface area contributed by atoms with Gasteiger partial charge in [0.1, 0.15) is 12.7 Å². The molecule has 0 aliphatic rings. The van der Waals surface area contributed by atoms with Crippen LogP contribution in [0.25, 0.3) is 0 Å². The van der Waals surface area contributed by atoms with Crippen LogP contribution in [0.5, 0.6) is 0 Å². The van der Waals surface area contributed by atoms with E-state index in [9.17, 15) is 34.1 Å². The number of carbonyl (C=O) groups excluding carboxylic acids is 2. The molecule has 0 saturated heterocycles. The number of nitrogens with one attached hydrogen (secondary N) is 1. The van der Waals surface area contributed by atoms with Crippen molar-refractivity contribution >= 4 is 25.7 Å². The number of carboxylic acid groups (broad SMARTS) is 1. The van der Waals surface area contributed by atoms with Crippen molar-refractivity contribution in [1.29, 1.82) is 0 Å². The summed E-state index contributed by atoms with van der Waals surface area (Å²) in [4.78, 5) is 44.8. The Balaban J connectivity index is 3.80. The van der Waals surface area contributed by atoms with Crippen molar-refractivity contribution in [3.05, 3.63) is 12.2 Å². The van der Waals surface area contributed by atoms with Crippen molar-refractivity contribution in [3.63, 3.8) is 0 Å². The van der Waals surface area contributed by atoms with Gasteiger partial charge in [0.25, 0.3) is 0 Å². The number of ether oxygens (including phenoxy) is 1. The molecule has 0 fully saturated rings. The SMILES string of the molecule is CCCCCCCC/C=C/CCCCCCCCCCCCCC(=O)NC(COP(=O)(O)OCC(O)COC(=O)CCC)C(=O)O. The number of aliphatic hydroxyl groups excluding tert-OH is 1. The van der Waals surface area contributed by atoms with Gasteiger partial charge in [-0.1, -0.05) is 116 Å². The number of unbranched alkanes of at least 4 members (excludes halogenated alkanes) is 17. The van der Waals surface area contributed by atoms with Gasteiger partial charge in [0, 0.05) is 12.8 Å². The molecule has 0 saturated carbocycles. The van der Waals surface area contributed by atoms with E-state index < -0.39 is 57.6 Å². The quantitative estimate of drug-likeness (QED) is 0.0233. The average Bonchev–Trinajstić information content (AvgIpc) is 3.01. The van der Waals surface area contributed by atoms with Crippen molar-refractivity contribution < 1.29 is 47.8 Å². The minimum atomic E-state index is -4.72. The standard InChI is InChI=1S/C34H64NO10P/c1-3-5-6-7-8-9-10-11-12-13-14-15-16-17-18-19-20-21-22-23-24-26-32(37)35-31(34(39)40)29-45-46(41,42)44-28-30(36)27-43-33(38)25-4-2/h11-12,30-31,36H,3-10,13-29H2,1-2H3,(H,35,37)(H,39,40)(H,41,42)/b12-11+. The fourth-order valence-electron chi connectivity index (χ4n) is 4.76.